The number of aromatic nitrogens is 4. The zero-order chi connectivity index (χ0) is 19.4. The van der Waals surface area contributed by atoms with E-state index in [1.165, 1.54) is 4.80 Å². The molecule has 1 aromatic carbocycles. The fraction of sp³-hybridized carbons (Fsp3) is 0.500. The van der Waals surface area contributed by atoms with E-state index in [-0.39, 0.29) is 17.8 Å². The van der Waals surface area contributed by atoms with Crippen LogP contribution in [0.25, 0.3) is 11.4 Å². The molecule has 0 saturated carbocycles. The second-order valence-corrected chi connectivity index (χ2v) is 7.38. The van der Waals surface area contributed by atoms with Gasteiger partial charge in [-0.3, -0.25) is 9.59 Å². The summed E-state index contributed by atoms with van der Waals surface area (Å²) in [4.78, 5) is 27.7. The van der Waals surface area contributed by atoms with Crippen LogP contribution in [0.2, 0.25) is 0 Å². The van der Waals surface area contributed by atoms with E-state index in [9.17, 15) is 9.59 Å². The lowest BCUT2D eigenvalue weighted by Gasteiger charge is -2.32. The van der Waals surface area contributed by atoms with Crippen LogP contribution in [-0.4, -0.2) is 56.7 Å². The number of ether oxygens (including phenoxy) is 1. The standard InChI is InChI=1S/C18H22BrN5O3/c1-3-27-18(26)14-8-10-23(11-9-14)17(25)12(2)24-21-16(20-22-24)13-4-6-15(19)7-5-13/h4-7,12,14H,3,8-11H2,1-2H3/t12-/m0/s1. The van der Waals surface area contributed by atoms with Crippen molar-refractivity contribution in [2.45, 2.75) is 32.7 Å². The summed E-state index contributed by atoms with van der Waals surface area (Å²) in [6.07, 6.45) is 1.23. The number of likely N-dealkylation sites (tertiary alicyclic amines) is 1. The lowest BCUT2D eigenvalue weighted by Crippen LogP contribution is -2.43. The first-order chi connectivity index (χ1) is 13.0. The van der Waals surface area contributed by atoms with Gasteiger partial charge in [-0.05, 0) is 56.2 Å². The predicted molar refractivity (Wildman–Crippen MR) is 102 cm³/mol. The van der Waals surface area contributed by atoms with E-state index in [2.05, 4.69) is 31.3 Å². The summed E-state index contributed by atoms with van der Waals surface area (Å²) in [7, 11) is 0. The molecule has 144 valence electrons. The first-order valence-corrected chi connectivity index (χ1v) is 9.79. The molecule has 9 heteroatoms. The molecule has 1 aliphatic rings. The van der Waals surface area contributed by atoms with Crippen molar-refractivity contribution in [1.82, 2.24) is 25.1 Å². The van der Waals surface area contributed by atoms with E-state index in [0.29, 0.717) is 38.4 Å². The van der Waals surface area contributed by atoms with Gasteiger partial charge in [0.2, 0.25) is 11.7 Å². The van der Waals surface area contributed by atoms with Crippen molar-refractivity contribution in [3.05, 3.63) is 28.7 Å². The van der Waals surface area contributed by atoms with Gasteiger partial charge >= 0.3 is 5.97 Å². The van der Waals surface area contributed by atoms with Crippen LogP contribution in [0.5, 0.6) is 0 Å². The number of esters is 1. The largest absolute Gasteiger partial charge is 0.466 e. The van der Waals surface area contributed by atoms with Gasteiger partial charge in [0.25, 0.3) is 0 Å². The van der Waals surface area contributed by atoms with Gasteiger partial charge < -0.3 is 9.64 Å². The summed E-state index contributed by atoms with van der Waals surface area (Å²) in [5.74, 6) is 0.104. The maximum atomic E-state index is 12.8. The van der Waals surface area contributed by atoms with E-state index in [4.69, 9.17) is 4.74 Å². The molecule has 1 fully saturated rings. The Hall–Kier alpha value is -2.29. The number of nitrogens with zero attached hydrogens (tertiary/aromatic N) is 5. The average Bonchev–Trinajstić information content (AvgIpc) is 3.18. The fourth-order valence-electron chi connectivity index (χ4n) is 3.06. The molecule has 0 N–H and O–H groups in total. The summed E-state index contributed by atoms with van der Waals surface area (Å²) in [6.45, 7) is 4.99. The molecule has 1 amide bonds. The van der Waals surface area contributed by atoms with Crippen molar-refractivity contribution in [3.63, 3.8) is 0 Å². The Bertz CT molecular complexity index is 800. The summed E-state index contributed by atoms with van der Waals surface area (Å²) >= 11 is 3.39. The Morgan fingerprint density at radius 2 is 1.93 bits per heavy atom. The number of tetrazole rings is 1. The highest BCUT2D eigenvalue weighted by Crippen LogP contribution is 2.22. The number of carbonyl (C=O) groups excluding carboxylic acids is 2. The van der Waals surface area contributed by atoms with Gasteiger partial charge in [0.05, 0.1) is 12.5 Å². The topological polar surface area (TPSA) is 90.2 Å². The molecule has 8 nitrogen and oxygen atoms in total. The first-order valence-electron chi connectivity index (χ1n) is 9.00. The molecular formula is C18H22BrN5O3. The van der Waals surface area contributed by atoms with Crippen LogP contribution in [0.3, 0.4) is 0 Å². The zero-order valence-corrected chi connectivity index (χ0v) is 16.9. The third kappa shape index (κ3) is 4.52. The maximum absolute atomic E-state index is 12.8. The Morgan fingerprint density at radius 1 is 1.26 bits per heavy atom. The summed E-state index contributed by atoms with van der Waals surface area (Å²) in [6, 6.07) is 7.02. The van der Waals surface area contributed by atoms with E-state index < -0.39 is 6.04 Å². The Morgan fingerprint density at radius 3 is 2.56 bits per heavy atom. The van der Waals surface area contributed by atoms with Crippen LogP contribution < -0.4 is 0 Å². The van der Waals surface area contributed by atoms with Crippen LogP contribution in [-0.2, 0) is 14.3 Å². The zero-order valence-electron chi connectivity index (χ0n) is 15.3. The van der Waals surface area contributed by atoms with Crippen LogP contribution in [0.4, 0.5) is 0 Å². The number of halogens is 1. The molecule has 1 aliphatic heterocycles. The van der Waals surface area contributed by atoms with Crippen LogP contribution in [0, 0.1) is 5.92 Å². The highest BCUT2D eigenvalue weighted by atomic mass is 79.9. The van der Waals surface area contributed by atoms with Crippen molar-refractivity contribution in [2.24, 2.45) is 5.92 Å². The van der Waals surface area contributed by atoms with Gasteiger partial charge in [-0.15, -0.1) is 10.2 Å². The number of amides is 1. The smallest absolute Gasteiger partial charge is 0.309 e. The third-order valence-corrected chi connectivity index (χ3v) is 5.19. The molecule has 1 aromatic heterocycles. The molecule has 2 aromatic rings. The Kier molecular flexibility index (Phi) is 6.20. The second kappa shape index (κ2) is 8.60. The number of rotatable bonds is 5. The SMILES string of the molecule is CCOC(=O)C1CCN(C(=O)[C@H](C)n2nnc(-c3ccc(Br)cc3)n2)CC1. The molecule has 2 heterocycles. The monoisotopic (exact) mass is 435 g/mol. The average molecular weight is 436 g/mol. The first kappa shape index (κ1) is 19.5. The molecule has 0 bridgehead atoms. The minimum Gasteiger partial charge on any atom is -0.466 e. The molecule has 3 rings (SSSR count). The minimum absolute atomic E-state index is 0.0722. The number of benzene rings is 1. The van der Waals surface area contributed by atoms with Gasteiger partial charge in [-0.2, -0.15) is 4.80 Å². The number of piperidine rings is 1. The second-order valence-electron chi connectivity index (χ2n) is 6.47. The van der Waals surface area contributed by atoms with Crippen LogP contribution in [0.1, 0.15) is 32.7 Å². The van der Waals surface area contributed by atoms with Crippen LogP contribution in [0.15, 0.2) is 28.7 Å². The van der Waals surface area contributed by atoms with Gasteiger partial charge in [-0.25, -0.2) is 0 Å². The Balaban J connectivity index is 1.61. The van der Waals surface area contributed by atoms with Gasteiger partial charge in [0.1, 0.15) is 6.04 Å². The van der Waals surface area contributed by atoms with Crippen molar-refractivity contribution >= 4 is 27.8 Å². The van der Waals surface area contributed by atoms with E-state index in [1.54, 1.807) is 18.7 Å². The van der Waals surface area contributed by atoms with Crippen molar-refractivity contribution in [3.8, 4) is 11.4 Å². The predicted octanol–water partition coefficient (Wildman–Crippen LogP) is 2.47. The summed E-state index contributed by atoms with van der Waals surface area (Å²) in [5, 5.41) is 12.4. The summed E-state index contributed by atoms with van der Waals surface area (Å²) in [5.41, 5.74) is 0.833. The van der Waals surface area contributed by atoms with Gasteiger partial charge in [0, 0.05) is 23.1 Å². The third-order valence-electron chi connectivity index (χ3n) is 4.66. The highest BCUT2D eigenvalue weighted by molar-refractivity contribution is 9.10. The van der Waals surface area contributed by atoms with Gasteiger partial charge in [0.15, 0.2) is 0 Å². The lowest BCUT2D eigenvalue weighted by atomic mass is 9.96. The molecule has 0 aliphatic carbocycles. The highest BCUT2D eigenvalue weighted by Gasteiger charge is 2.31. The number of carbonyl (C=O) groups is 2. The quantitative estimate of drug-likeness (QED) is 0.669. The van der Waals surface area contributed by atoms with Crippen molar-refractivity contribution in [1.29, 1.82) is 0 Å². The summed E-state index contributed by atoms with van der Waals surface area (Å²) < 4.78 is 6.03. The van der Waals surface area contributed by atoms with E-state index >= 15 is 0 Å². The van der Waals surface area contributed by atoms with Crippen LogP contribution >= 0.6 is 15.9 Å². The van der Waals surface area contributed by atoms with E-state index in [1.807, 2.05) is 24.3 Å². The molecule has 1 saturated heterocycles. The van der Waals surface area contributed by atoms with Crippen molar-refractivity contribution in [2.75, 3.05) is 19.7 Å². The fourth-order valence-corrected chi connectivity index (χ4v) is 3.33. The molecule has 0 radical (unpaired) electrons. The molecule has 27 heavy (non-hydrogen) atoms. The minimum atomic E-state index is -0.555. The molecule has 0 unspecified atom stereocenters. The van der Waals surface area contributed by atoms with Crippen molar-refractivity contribution < 1.29 is 14.3 Å². The van der Waals surface area contributed by atoms with E-state index in [0.717, 1.165) is 10.0 Å². The molecule has 1 atom stereocenters. The maximum Gasteiger partial charge on any atom is 0.309 e. The number of hydrogen-bond donors (Lipinski definition) is 0. The molecule has 0 spiro atoms. The normalized spacial score (nSPS) is 16.2. The number of hydrogen-bond acceptors (Lipinski definition) is 6. The Labute approximate surface area is 166 Å². The van der Waals surface area contributed by atoms with Gasteiger partial charge in [-0.1, -0.05) is 15.9 Å². The molecular weight excluding hydrogens is 414 g/mol. The lowest BCUT2D eigenvalue weighted by molar-refractivity contribution is -0.151.